The summed E-state index contributed by atoms with van der Waals surface area (Å²) in [6.07, 6.45) is 3.72. The number of piperazine rings is 1. The van der Waals surface area contributed by atoms with Crippen molar-refractivity contribution in [2.45, 2.75) is 25.8 Å². The molecule has 0 aliphatic carbocycles. The van der Waals surface area contributed by atoms with Crippen LogP contribution in [0.5, 0.6) is 0 Å². The molecule has 3 aromatic rings. The van der Waals surface area contributed by atoms with E-state index in [0.29, 0.717) is 6.04 Å². The lowest BCUT2D eigenvalue weighted by atomic mass is 10.1. The summed E-state index contributed by atoms with van der Waals surface area (Å²) in [5.41, 5.74) is 1.09. The van der Waals surface area contributed by atoms with Crippen LogP contribution < -0.4 is 0 Å². The number of hydrogen-bond donors (Lipinski definition) is 0. The Labute approximate surface area is 155 Å². The summed E-state index contributed by atoms with van der Waals surface area (Å²) in [6, 6.07) is 15.5. The van der Waals surface area contributed by atoms with Crippen molar-refractivity contribution in [1.29, 1.82) is 0 Å². The van der Waals surface area contributed by atoms with Crippen LogP contribution in [0.4, 0.5) is 0 Å². The molecule has 2 aromatic carbocycles. The summed E-state index contributed by atoms with van der Waals surface area (Å²) < 4.78 is 1.99. The normalized spacial score (nSPS) is 17.6. The van der Waals surface area contributed by atoms with Crippen molar-refractivity contribution < 1.29 is 0 Å². The molecule has 0 bridgehead atoms. The van der Waals surface area contributed by atoms with Gasteiger partial charge in [-0.05, 0) is 43.3 Å². The third-order valence-electron chi connectivity index (χ3n) is 5.54. The molecule has 0 amide bonds. The van der Waals surface area contributed by atoms with Gasteiger partial charge < -0.3 is 4.90 Å². The van der Waals surface area contributed by atoms with Gasteiger partial charge in [0.05, 0.1) is 5.69 Å². The second-order valence-corrected chi connectivity index (χ2v) is 7.35. The van der Waals surface area contributed by atoms with Gasteiger partial charge in [0, 0.05) is 38.6 Å². The summed E-state index contributed by atoms with van der Waals surface area (Å²) in [6.45, 7) is 6.99. The van der Waals surface area contributed by atoms with Crippen LogP contribution in [0.15, 0.2) is 48.8 Å². The molecule has 0 unspecified atom stereocenters. The smallest absolute Gasteiger partial charge is 0.138 e. The van der Waals surface area contributed by atoms with E-state index < -0.39 is 0 Å². The molecule has 136 valence electrons. The number of benzene rings is 2. The van der Waals surface area contributed by atoms with E-state index in [4.69, 9.17) is 0 Å². The van der Waals surface area contributed by atoms with Gasteiger partial charge in [-0.25, -0.2) is 9.67 Å². The molecule has 26 heavy (non-hydrogen) atoms. The van der Waals surface area contributed by atoms with E-state index in [2.05, 4.69) is 76.3 Å². The van der Waals surface area contributed by atoms with Gasteiger partial charge in [0.2, 0.25) is 0 Å². The molecule has 0 radical (unpaired) electrons. The largest absolute Gasteiger partial charge is 0.304 e. The van der Waals surface area contributed by atoms with Gasteiger partial charge in [0.15, 0.2) is 0 Å². The van der Waals surface area contributed by atoms with Gasteiger partial charge in [-0.15, -0.1) is 0 Å². The van der Waals surface area contributed by atoms with Gasteiger partial charge in [0.25, 0.3) is 0 Å². The number of rotatable bonds is 5. The van der Waals surface area contributed by atoms with E-state index in [1.54, 1.807) is 6.33 Å². The topological polar surface area (TPSA) is 37.2 Å². The van der Waals surface area contributed by atoms with Gasteiger partial charge in [0.1, 0.15) is 12.2 Å². The predicted molar refractivity (Wildman–Crippen MR) is 106 cm³/mol. The third-order valence-corrected chi connectivity index (χ3v) is 5.54. The maximum Gasteiger partial charge on any atom is 0.138 e. The number of hydrogen-bond acceptors (Lipinski definition) is 4. The van der Waals surface area contributed by atoms with Gasteiger partial charge >= 0.3 is 0 Å². The van der Waals surface area contributed by atoms with E-state index in [0.717, 1.165) is 50.5 Å². The maximum atomic E-state index is 4.53. The Balaban J connectivity index is 1.46. The summed E-state index contributed by atoms with van der Waals surface area (Å²) >= 11 is 0. The molecule has 4 rings (SSSR count). The van der Waals surface area contributed by atoms with Gasteiger partial charge in [-0.2, -0.15) is 5.10 Å². The molecule has 1 aromatic heterocycles. The van der Waals surface area contributed by atoms with Crippen LogP contribution in [-0.4, -0.2) is 63.8 Å². The highest BCUT2D eigenvalue weighted by molar-refractivity contribution is 5.84. The SMILES string of the molecule is C[C@H](CCc1ncnn1-c1ccc2ccccc2c1)N1CCN(C)CC1. The van der Waals surface area contributed by atoms with Crippen LogP contribution in [0.1, 0.15) is 19.2 Å². The number of likely N-dealkylation sites (N-methyl/N-ethyl adjacent to an activating group) is 1. The van der Waals surface area contributed by atoms with Crippen molar-refractivity contribution in [3.8, 4) is 5.69 Å². The molecule has 0 saturated carbocycles. The molecule has 1 aliphatic heterocycles. The second kappa shape index (κ2) is 7.56. The fourth-order valence-electron chi connectivity index (χ4n) is 3.74. The Morgan fingerprint density at radius 1 is 1.00 bits per heavy atom. The highest BCUT2D eigenvalue weighted by Gasteiger charge is 2.19. The lowest BCUT2D eigenvalue weighted by Crippen LogP contribution is -2.48. The maximum absolute atomic E-state index is 4.53. The molecule has 0 N–H and O–H groups in total. The molecule has 1 fully saturated rings. The van der Waals surface area contributed by atoms with E-state index in [9.17, 15) is 0 Å². The molecule has 1 saturated heterocycles. The molecular weight excluding hydrogens is 322 g/mol. The van der Waals surface area contributed by atoms with Gasteiger partial charge in [-0.3, -0.25) is 4.90 Å². The summed E-state index contributed by atoms with van der Waals surface area (Å²) in [7, 11) is 2.20. The van der Waals surface area contributed by atoms with Crippen molar-refractivity contribution in [3.63, 3.8) is 0 Å². The van der Waals surface area contributed by atoms with Crippen LogP contribution in [0.25, 0.3) is 16.5 Å². The Morgan fingerprint density at radius 3 is 2.58 bits per heavy atom. The number of nitrogens with zero attached hydrogens (tertiary/aromatic N) is 5. The highest BCUT2D eigenvalue weighted by Crippen LogP contribution is 2.19. The second-order valence-electron chi connectivity index (χ2n) is 7.35. The Kier molecular flexibility index (Phi) is 5.00. The standard InChI is InChI=1S/C21H27N5/c1-17(25-13-11-24(2)12-14-25)7-10-21-22-16-23-26(21)20-9-8-18-5-3-4-6-19(18)15-20/h3-6,8-9,15-17H,7,10-14H2,1-2H3/t17-/m1/s1. The zero-order chi connectivity index (χ0) is 17.9. The molecule has 0 spiro atoms. The van der Waals surface area contributed by atoms with Crippen LogP contribution >= 0.6 is 0 Å². The van der Waals surface area contributed by atoms with Crippen molar-refractivity contribution in [3.05, 3.63) is 54.6 Å². The van der Waals surface area contributed by atoms with Crippen molar-refractivity contribution in [2.75, 3.05) is 33.2 Å². The van der Waals surface area contributed by atoms with E-state index in [1.165, 1.54) is 10.8 Å². The number of fused-ring (bicyclic) bond motifs is 1. The quantitative estimate of drug-likeness (QED) is 0.710. The number of aromatic nitrogens is 3. The van der Waals surface area contributed by atoms with E-state index in [-0.39, 0.29) is 0 Å². The fraction of sp³-hybridized carbons (Fsp3) is 0.429. The van der Waals surface area contributed by atoms with E-state index >= 15 is 0 Å². The summed E-state index contributed by atoms with van der Waals surface area (Å²) in [5.74, 6) is 1.04. The fourth-order valence-corrected chi connectivity index (χ4v) is 3.74. The molecule has 1 atom stereocenters. The Morgan fingerprint density at radius 2 is 1.77 bits per heavy atom. The van der Waals surface area contributed by atoms with Crippen molar-refractivity contribution in [2.24, 2.45) is 0 Å². The van der Waals surface area contributed by atoms with Crippen LogP contribution in [0.3, 0.4) is 0 Å². The Hall–Kier alpha value is -2.24. The minimum Gasteiger partial charge on any atom is -0.304 e. The number of aryl methyl sites for hydroxylation is 1. The summed E-state index contributed by atoms with van der Waals surface area (Å²) in [5, 5.41) is 6.96. The molecule has 5 heteroatoms. The molecular formula is C21H27N5. The average Bonchev–Trinajstić information content (AvgIpc) is 3.15. The first-order valence-electron chi connectivity index (χ1n) is 9.51. The van der Waals surface area contributed by atoms with Crippen LogP contribution in [0.2, 0.25) is 0 Å². The van der Waals surface area contributed by atoms with Crippen LogP contribution in [-0.2, 0) is 6.42 Å². The first-order valence-corrected chi connectivity index (χ1v) is 9.51. The minimum absolute atomic E-state index is 0.574. The predicted octanol–water partition coefficient (Wildman–Crippen LogP) is 2.99. The van der Waals surface area contributed by atoms with Crippen molar-refractivity contribution >= 4 is 10.8 Å². The lowest BCUT2D eigenvalue weighted by Gasteiger charge is -2.36. The lowest BCUT2D eigenvalue weighted by molar-refractivity contribution is 0.114. The average molecular weight is 349 g/mol. The van der Waals surface area contributed by atoms with Gasteiger partial charge in [-0.1, -0.05) is 30.3 Å². The van der Waals surface area contributed by atoms with E-state index in [1.807, 2.05) is 4.68 Å². The minimum atomic E-state index is 0.574. The molecule has 5 nitrogen and oxygen atoms in total. The molecule has 1 aliphatic rings. The first-order chi connectivity index (χ1) is 12.7. The van der Waals surface area contributed by atoms with Crippen molar-refractivity contribution in [1.82, 2.24) is 24.6 Å². The molecule has 2 heterocycles. The zero-order valence-corrected chi connectivity index (χ0v) is 15.7. The summed E-state index contributed by atoms with van der Waals surface area (Å²) in [4.78, 5) is 9.52. The third kappa shape index (κ3) is 3.64. The zero-order valence-electron chi connectivity index (χ0n) is 15.7. The van der Waals surface area contributed by atoms with Crippen LogP contribution in [0, 0.1) is 0 Å². The highest BCUT2D eigenvalue weighted by atomic mass is 15.3. The first kappa shape index (κ1) is 17.2. The Bertz CT molecular complexity index is 863. The monoisotopic (exact) mass is 349 g/mol.